The zero-order valence-electron chi connectivity index (χ0n) is 7.63. The van der Waals surface area contributed by atoms with Crippen LogP contribution >= 0.6 is 15.9 Å². The minimum atomic E-state index is 0.824. The second kappa shape index (κ2) is 3.88. The normalized spacial score (nSPS) is 10.4. The Morgan fingerprint density at radius 3 is 2.79 bits per heavy atom. The first kappa shape index (κ1) is 9.34. The quantitative estimate of drug-likeness (QED) is 0.846. The Kier molecular flexibility index (Phi) is 2.59. The average molecular weight is 251 g/mol. The van der Waals surface area contributed by atoms with Crippen molar-refractivity contribution in [2.75, 3.05) is 5.73 Å². The molecule has 2 aromatic rings. The molecule has 0 aliphatic carbocycles. The van der Waals surface area contributed by atoms with Gasteiger partial charge in [0.1, 0.15) is 0 Å². The van der Waals surface area contributed by atoms with Gasteiger partial charge in [-0.3, -0.25) is 0 Å². The number of aromatic amines is 1. The molecule has 0 saturated heterocycles. The molecule has 14 heavy (non-hydrogen) atoms. The van der Waals surface area contributed by atoms with Gasteiger partial charge in [0, 0.05) is 22.8 Å². The van der Waals surface area contributed by atoms with Crippen LogP contribution in [0.15, 0.2) is 41.0 Å². The van der Waals surface area contributed by atoms with Gasteiger partial charge in [0.15, 0.2) is 0 Å². The van der Waals surface area contributed by atoms with Gasteiger partial charge < -0.3 is 10.7 Å². The van der Waals surface area contributed by atoms with E-state index in [-0.39, 0.29) is 0 Å². The molecule has 0 amide bonds. The Hall–Kier alpha value is -1.22. The molecule has 0 aliphatic rings. The van der Waals surface area contributed by atoms with Crippen LogP contribution in [0.2, 0.25) is 0 Å². The average Bonchev–Trinajstić information content (AvgIpc) is 2.52. The number of hydrogen-bond donors (Lipinski definition) is 2. The predicted octanol–water partition coefficient (Wildman–Crippen LogP) is 2.95. The number of anilines is 1. The maximum Gasteiger partial charge on any atom is 0.0528 e. The molecule has 0 unspecified atom stereocenters. The van der Waals surface area contributed by atoms with Crippen LogP contribution in [0.1, 0.15) is 11.3 Å². The fourth-order valence-electron chi connectivity index (χ4n) is 1.42. The third kappa shape index (κ3) is 1.99. The zero-order chi connectivity index (χ0) is 9.97. The van der Waals surface area contributed by atoms with Crippen LogP contribution in [0.3, 0.4) is 0 Å². The molecule has 0 fully saturated rings. The smallest absolute Gasteiger partial charge is 0.0528 e. The fraction of sp³-hybridized carbons (Fsp3) is 0.0909. The zero-order valence-corrected chi connectivity index (χ0v) is 9.21. The van der Waals surface area contributed by atoms with Crippen molar-refractivity contribution in [3.8, 4) is 0 Å². The number of nitrogen functional groups attached to an aromatic ring is 1. The summed E-state index contributed by atoms with van der Waals surface area (Å²) in [5, 5.41) is 0. The lowest BCUT2D eigenvalue weighted by molar-refractivity contribution is 1.11. The third-order valence-electron chi connectivity index (χ3n) is 2.14. The van der Waals surface area contributed by atoms with E-state index in [1.807, 2.05) is 24.4 Å². The number of benzene rings is 1. The standard InChI is InChI=1S/C11H11BrN2/c12-9-3-1-2-8(6-9)7-11-10(13)4-5-14-11/h1-6,14H,7,13H2. The van der Waals surface area contributed by atoms with E-state index in [2.05, 4.69) is 33.0 Å². The van der Waals surface area contributed by atoms with E-state index in [1.165, 1.54) is 5.56 Å². The molecule has 3 heteroatoms. The van der Waals surface area contributed by atoms with Gasteiger partial charge in [0.2, 0.25) is 0 Å². The van der Waals surface area contributed by atoms with Crippen molar-refractivity contribution < 1.29 is 0 Å². The summed E-state index contributed by atoms with van der Waals surface area (Å²) in [5.41, 5.74) is 8.92. The van der Waals surface area contributed by atoms with Crippen molar-refractivity contribution in [3.05, 3.63) is 52.3 Å². The highest BCUT2D eigenvalue weighted by molar-refractivity contribution is 9.10. The number of nitrogens with two attached hydrogens (primary N) is 1. The third-order valence-corrected chi connectivity index (χ3v) is 2.63. The Morgan fingerprint density at radius 1 is 1.29 bits per heavy atom. The van der Waals surface area contributed by atoms with Gasteiger partial charge in [-0.05, 0) is 23.8 Å². The van der Waals surface area contributed by atoms with Gasteiger partial charge in [-0.15, -0.1) is 0 Å². The highest BCUT2D eigenvalue weighted by Gasteiger charge is 2.01. The van der Waals surface area contributed by atoms with Crippen LogP contribution in [0, 0.1) is 0 Å². The van der Waals surface area contributed by atoms with E-state index in [0.29, 0.717) is 0 Å². The number of hydrogen-bond acceptors (Lipinski definition) is 1. The molecule has 0 radical (unpaired) electrons. The molecule has 72 valence electrons. The van der Waals surface area contributed by atoms with E-state index in [0.717, 1.165) is 22.3 Å². The number of H-pyrrole nitrogens is 1. The number of nitrogens with one attached hydrogen (secondary N) is 1. The molecule has 1 aromatic carbocycles. The van der Waals surface area contributed by atoms with Crippen molar-refractivity contribution in [3.63, 3.8) is 0 Å². The van der Waals surface area contributed by atoms with Crippen LogP contribution < -0.4 is 5.73 Å². The number of rotatable bonds is 2. The van der Waals surface area contributed by atoms with Crippen molar-refractivity contribution in [1.29, 1.82) is 0 Å². The summed E-state index contributed by atoms with van der Waals surface area (Å²) in [7, 11) is 0. The first-order valence-corrected chi connectivity index (χ1v) is 5.21. The van der Waals surface area contributed by atoms with Crippen molar-refractivity contribution in [2.45, 2.75) is 6.42 Å². The molecule has 3 N–H and O–H groups in total. The van der Waals surface area contributed by atoms with Gasteiger partial charge >= 0.3 is 0 Å². The molecule has 2 rings (SSSR count). The summed E-state index contributed by atoms with van der Waals surface area (Å²) in [6.07, 6.45) is 2.71. The maximum absolute atomic E-state index is 5.78. The van der Waals surface area contributed by atoms with Gasteiger partial charge in [-0.2, -0.15) is 0 Å². The first-order chi connectivity index (χ1) is 6.75. The SMILES string of the molecule is Nc1cc[nH]c1Cc1cccc(Br)c1. The Labute approximate surface area is 91.3 Å². The van der Waals surface area contributed by atoms with Gasteiger partial charge in [-0.25, -0.2) is 0 Å². The minimum Gasteiger partial charge on any atom is -0.397 e. The summed E-state index contributed by atoms with van der Waals surface area (Å²) in [6.45, 7) is 0. The largest absolute Gasteiger partial charge is 0.397 e. The molecular formula is C11H11BrN2. The minimum absolute atomic E-state index is 0.824. The van der Waals surface area contributed by atoms with E-state index in [9.17, 15) is 0 Å². The number of halogens is 1. The summed E-state index contributed by atoms with van der Waals surface area (Å²) < 4.78 is 1.10. The molecule has 0 atom stereocenters. The van der Waals surface area contributed by atoms with E-state index < -0.39 is 0 Å². The second-order valence-corrected chi connectivity index (χ2v) is 4.13. The molecule has 0 aliphatic heterocycles. The van der Waals surface area contributed by atoms with Crippen LogP contribution in [0.25, 0.3) is 0 Å². The lowest BCUT2D eigenvalue weighted by Gasteiger charge is -2.01. The van der Waals surface area contributed by atoms with Crippen LogP contribution in [0.5, 0.6) is 0 Å². The second-order valence-electron chi connectivity index (χ2n) is 3.22. The Bertz CT molecular complexity index is 434. The monoisotopic (exact) mass is 250 g/mol. The molecule has 1 aromatic heterocycles. The molecule has 0 saturated carbocycles. The van der Waals surface area contributed by atoms with E-state index in [4.69, 9.17) is 5.73 Å². The van der Waals surface area contributed by atoms with Gasteiger partial charge in [0.25, 0.3) is 0 Å². The molecular weight excluding hydrogens is 240 g/mol. The van der Waals surface area contributed by atoms with Gasteiger partial charge in [0.05, 0.1) is 5.69 Å². The van der Waals surface area contributed by atoms with Crippen molar-refractivity contribution in [1.82, 2.24) is 4.98 Å². The highest BCUT2D eigenvalue weighted by atomic mass is 79.9. The van der Waals surface area contributed by atoms with Crippen LogP contribution in [-0.4, -0.2) is 4.98 Å². The number of aromatic nitrogens is 1. The topological polar surface area (TPSA) is 41.8 Å². The van der Waals surface area contributed by atoms with Gasteiger partial charge in [-0.1, -0.05) is 28.1 Å². The summed E-state index contributed by atoms with van der Waals surface area (Å²) in [4.78, 5) is 3.13. The predicted molar refractivity (Wildman–Crippen MR) is 62.2 cm³/mol. The molecule has 0 bridgehead atoms. The molecule has 0 spiro atoms. The lowest BCUT2D eigenvalue weighted by Crippen LogP contribution is -1.93. The summed E-state index contributed by atoms with van der Waals surface area (Å²) >= 11 is 3.44. The molecule has 1 heterocycles. The van der Waals surface area contributed by atoms with Crippen LogP contribution in [0.4, 0.5) is 5.69 Å². The fourth-order valence-corrected chi connectivity index (χ4v) is 1.87. The Morgan fingerprint density at radius 2 is 2.14 bits per heavy atom. The highest BCUT2D eigenvalue weighted by Crippen LogP contribution is 2.17. The summed E-state index contributed by atoms with van der Waals surface area (Å²) in [6, 6.07) is 10.1. The van der Waals surface area contributed by atoms with Crippen molar-refractivity contribution >= 4 is 21.6 Å². The van der Waals surface area contributed by atoms with E-state index >= 15 is 0 Å². The van der Waals surface area contributed by atoms with E-state index in [1.54, 1.807) is 0 Å². The molecule has 2 nitrogen and oxygen atoms in total. The maximum atomic E-state index is 5.78. The van der Waals surface area contributed by atoms with Crippen molar-refractivity contribution in [2.24, 2.45) is 0 Å². The lowest BCUT2D eigenvalue weighted by atomic mass is 10.1. The van der Waals surface area contributed by atoms with Crippen LogP contribution in [-0.2, 0) is 6.42 Å². The first-order valence-electron chi connectivity index (χ1n) is 4.42. The Balaban J connectivity index is 2.23. The summed E-state index contributed by atoms with van der Waals surface area (Å²) in [5.74, 6) is 0.